The summed E-state index contributed by atoms with van der Waals surface area (Å²) in [7, 11) is 0. The van der Waals surface area contributed by atoms with Crippen molar-refractivity contribution in [3.05, 3.63) is 54.1 Å². The molecule has 2 aromatic rings. The number of unbranched alkanes of at least 4 members (excludes halogenated alkanes) is 1. The first kappa shape index (κ1) is 12.8. The molecule has 1 N–H and O–H groups in total. The largest absolute Gasteiger partial charge is 0.317 e. The topological polar surface area (TPSA) is 17.0 Å². The highest BCUT2D eigenvalue weighted by molar-refractivity contribution is 5.36. The number of aromatic nitrogens is 1. The molecule has 0 aliphatic rings. The Morgan fingerprint density at radius 3 is 2.78 bits per heavy atom. The average Bonchev–Trinajstić information content (AvgIpc) is 2.83. The molecule has 0 unspecified atom stereocenters. The fourth-order valence-corrected chi connectivity index (χ4v) is 1.96. The fraction of sp³-hybridized carbons (Fsp3) is 0.333. The van der Waals surface area contributed by atoms with E-state index >= 15 is 0 Å². The van der Waals surface area contributed by atoms with Gasteiger partial charge in [-0.1, -0.05) is 25.5 Å². The van der Waals surface area contributed by atoms with Gasteiger partial charge in [0, 0.05) is 18.4 Å². The predicted molar refractivity (Wildman–Crippen MR) is 72.3 cm³/mol. The van der Waals surface area contributed by atoms with E-state index in [4.69, 9.17) is 0 Å². The number of hydrogen-bond acceptors (Lipinski definition) is 1. The molecule has 0 saturated carbocycles. The molecule has 0 radical (unpaired) electrons. The van der Waals surface area contributed by atoms with Crippen LogP contribution in [0.5, 0.6) is 0 Å². The highest BCUT2D eigenvalue weighted by Gasteiger charge is 2.06. The first-order valence-electron chi connectivity index (χ1n) is 6.44. The van der Waals surface area contributed by atoms with E-state index in [-0.39, 0.29) is 5.82 Å². The Hall–Kier alpha value is -1.61. The lowest BCUT2D eigenvalue weighted by Gasteiger charge is -2.11. The van der Waals surface area contributed by atoms with Crippen LogP contribution in [0.4, 0.5) is 4.39 Å². The lowest BCUT2D eigenvalue weighted by atomic mass is 10.3. The second-order valence-electron chi connectivity index (χ2n) is 4.35. The number of nitrogens with one attached hydrogen (secondary N) is 1. The number of para-hydroxylation sites is 1. The molecule has 96 valence electrons. The first-order valence-corrected chi connectivity index (χ1v) is 6.44. The zero-order valence-electron chi connectivity index (χ0n) is 10.7. The summed E-state index contributed by atoms with van der Waals surface area (Å²) < 4.78 is 15.6. The number of halogens is 1. The van der Waals surface area contributed by atoms with E-state index < -0.39 is 0 Å². The van der Waals surface area contributed by atoms with Gasteiger partial charge in [0.2, 0.25) is 0 Å². The Morgan fingerprint density at radius 1 is 1.17 bits per heavy atom. The maximum absolute atomic E-state index is 13.7. The molecule has 0 atom stereocenters. The number of benzene rings is 1. The monoisotopic (exact) mass is 246 g/mol. The van der Waals surface area contributed by atoms with Crippen molar-refractivity contribution >= 4 is 0 Å². The molecular formula is C15H19FN2. The molecule has 0 amide bonds. The van der Waals surface area contributed by atoms with E-state index in [1.807, 2.05) is 29.0 Å². The van der Waals surface area contributed by atoms with Crippen molar-refractivity contribution in [1.29, 1.82) is 0 Å². The van der Waals surface area contributed by atoms with Gasteiger partial charge in [-0.3, -0.25) is 0 Å². The zero-order chi connectivity index (χ0) is 12.8. The summed E-state index contributed by atoms with van der Waals surface area (Å²) in [4.78, 5) is 0. The molecule has 0 fully saturated rings. The number of rotatable bonds is 6. The third kappa shape index (κ3) is 2.99. The maximum atomic E-state index is 13.7. The second kappa shape index (κ2) is 6.36. The van der Waals surface area contributed by atoms with Crippen LogP contribution in [-0.2, 0) is 6.54 Å². The van der Waals surface area contributed by atoms with Gasteiger partial charge in [0.25, 0.3) is 0 Å². The fourth-order valence-electron chi connectivity index (χ4n) is 1.96. The summed E-state index contributed by atoms with van der Waals surface area (Å²) in [5.74, 6) is -0.191. The lowest BCUT2D eigenvalue weighted by Crippen LogP contribution is -2.17. The van der Waals surface area contributed by atoms with Crippen LogP contribution in [0.3, 0.4) is 0 Å². The van der Waals surface area contributed by atoms with E-state index in [1.165, 1.54) is 18.9 Å². The van der Waals surface area contributed by atoms with Crippen LogP contribution in [0.25, 0.3) is 5.69 Å². The standard InChI is InChI=1S/C15H19FN2/c1-2-3-10-17-12-13-7-6-11-18(13)15-9-5-4-8-14(15)16/h4-9,11,17H,2-3,10,12H2,1H3. The van der Waals surface area contributed by atoms with Gasteiger partial charge in [0.15, 0.2) is 0 Å². The highest BCUT2D eigenvalue weighted by Crippen LogP contribution is 2.16. The van der Waals surface area contributed by atoms with Crippen LogP contribution in [0.15, 0.2) is 42.6 Å². The van der Waals surface area contributed by atoms with Crippen LogP contribution < -0.4 is 5.32 Å². The van der Waals surface area contributed by atoms with E-state index in [9.17, 15) is 4.39 Å². The van der Waals surface area contributed by atoms with E-state index in [0.717, 1.165) is 18.8 Å². The van der Waals surface area contributed by atoms with Gasteiger partial charge in [0.05, 0.1) is 5.69 Å². The van der Waals surface area contributed by atoms with Crippen LogP contribution in [0.2, 0.25) is 0 Å². The molecule has 0 spiro atoms. The summed E-state index contributed by atoms with van der Waals surface area (Å²) >= 11 is 0. The Balaban J connectivity index is 2.10. The van der Waals surface area contributed by atoms with Gasteiger partial charge < -0.3 is 9.88 Å². The SMILES string of the molecule is CCCCNCc1cccn1-c1ccccc1F. The minimum absolute atomic E-state index is 0.191. The summed E-state index contributed by atoms with van der Waals surface area (Å²) in [6.45, 7) is 3.93. The van der Waals surface area contributed by atoms with E-state index in [2.05, 4.69) is 12.2 Å². The van der Waals surface area contributed by atoms with Crippen molar-refractivity contribution in [2.45, 2.75) is 26.3 Å². The first-order chi connectivity index (χ1) is 8.83. The van der Waals surface area contributed by atoms with Gasteiger partial charge in [-0.05, 0) is 37.2 Å². The van der Waals surface area contributed by atoms with Crippen molar-refractivity contribution in [2.75, 3.05) is 6.54 Å². The normalized spacial score (nSPS) is 10.8. The minimum Gasteiger partial charge on any atom is -0.317 e. The molecule has 1 aromatic heterocycles. The van der Waals surface area contributed by atoms with Crippen molar-refractivity contribution in [2.24, 2.45) is 0 Å². The summed E-state index contributed by atoms with van der Waals surface area (Å²) in [6, 6.07) is 10.8. The van der Waals surface area contributed by atoms with E-state index in [0.29, 0.717) is 5.69 Å². The third-order valence-electron chi connectivity index (χ3n) is 2.96. The van der Waals surface area contributed by atoms with Gasteiger partial charge in [-0.25, -0.2) is 4.39 Å². The Labute approximate surface area is 107 Å². The smallest absolute Gasteiger partial charge is 0.147 e. The van der Waals surface area contributed by atoms with Crippen molar-refractivity contribution in [1.82, 2.24) is 9.88 Å². The molecule has 0 bridgehead atoms. The molecule has 0 saturated heterocycles. The van der Waals surface area contributed by atoms with Gasteiger partial charge in [-0.15, -0.1) is 0 Å². The van der Waals surface area contributed by atoms with E-state index in [1.54, 1.807) is 12.1 Å². The lowest BCUT2D eigenvalue weighted by molar-refractivity contribution is 0.604. The number of nitrogens with zero attached hydrogens (tertiary/aromatic N) is 1. The van der Waals surface area contributed by atoms with Gasteiger partial charge in [0.1, 0.15) is 5.82 Å². The second-order valence-corrected chi connectivity index (χ2v) is 4.35. The molecule has 1 heterocycles. The third-order valence-corrected chi connectivity index (χ3v) is 2.96. The highest BCUT2D eigenvalue weighted by atomic mass is 19.1. The van der Waals surface area contributed by atoms with Crippen LogP contribution in [-0.4, -0.2) is 11.1 Å². The summed E-state index contributed by atoms with van der Waals surface area (Å²) in [5.41, 5.74) is 1.69. The molecule has 2 rings (SSSR count). The maximum Gasteiger partial charge on any atom is 0.147 e. The molecule has 0 aliphatic carbocycles. The van der Waals surface area contributed by atoms with Gasteiger partial charge in [-0.2, -0.15) is 0 Å². The van der Waals surface area contributed by atoms with Crippen LogP contribution in [0, 0.1) is 5.82 Å². The molecule has 18 heavy (non-hydrogen) atoms. The molecule has 3 heteroatoms. The van der Waals surface area contributed by atoms with Gasteiger partial charge >= 0.3 is 0 Å². The van der Waals surface area contributed by atoms with Crippen LogP contribution >= 0.6 is 0 Å². The number of hydrogen-bond donors (Lipinski definition) is 1. The molecule has 2 nitrogen and oxygen atoms in total. The van der Waals surface area contributed by atoms with Crippen molar-refractivity contribution < 1.29 is 4.39 Å². The summed E-state index contributed by atoms with van der Waals surface area (Å²) in [5, 5.41) is 3.38. The quantitative estimate of drug-likeness (QED) is 0.772. The Morgan fingerprint density at radius 2 is 2.00 bits per heavy atom. The van der Waals surface area contributed by atoms with Crippen molar-refractivity contribution in [3.8, 4) is 5.69 Å². The minimum atomic E-state index is -0.191. The molecule has 0 aliphatic heterocycles. The predicted octanol–water partition coefficient (Wildman–Crippen LogP) is 3.51. The van der Waals surface area contributed by atoms with Crippen molar-refractivity contribution in [3.63, 3.8) is 0 Å². The summed E-state index contributed by atoms with van der Waals surface area (Å²) in [6.07, 6.45) is 4.25. The Bertz CT molecular complexity index is 491. The molecular weight excluding hydrogens is 227 g/mol. The molecule has 1 aromatic carbocycles. The average molecular weight is 246 g/mol. The Kier molecular flexibility index (Phi) is 4.53. The zero-order valence-corrected chi connectivity index (χ0v) is 10.7. The van der Waals surface area contributed by atoms with Crippen LogP contribution in [0.1, 0.15) is 25.5 Å².